The average Bonchev–Trinajstić information content (AvgIpc) is 2.53. The molecule has 13 heavy (non-hydrogen) atoms. The lowest BCUT2D eigenvalue weighted by molar-refractivity contribution is 0.630. The summed E-state index contributed by atoms with van der Waals surface area (Å²) < 4.78 is 1.13. The summed E-state index contributed by atoms with van der Waals surface area (Å²) in [7, 11) is 1.76. The van der Waals surface area contributed by atoms with Crippen molar-refractivity contribution in [2.24, 2.45) is 7.05 Å². The monoisotopic (exact) mass is 286 g/mol. The standard InChI is InChI=1S/C8H7IN4/c1-13-11-8(10-12-13)6-4-2-3-5-7(6)9/h2-5H,1H3. The fraction of sp³-hybridized carbons (Fsp3) is 0.125. The van der Waals surface area contributed by atoms with Crippen LogP contribution in [0.15, 0.2) is 24.3 Å². The normalized spacial score (nSPS) is 10.3. The van der Waals surface area contributed by atoms with Crippen molar-refractivity contribution in [3.63, 3.8) is 0 Å². The molecule has 2 rings (SSSR count). The van der Waals surface area contributed by atoms with E-state index in [0.29, 0.717) is 5.82 Å². The summed E-state index contributed by atoms with van der Waals surface area (Å²) in [6.45, 7) is 0. The van der Waals surface area contributed by atoms with E-state index in [4.69, 9.17) is 0 Å². The molecule has 66 valence electrons. The molecule has 1 aromatic heterocycles. The Balaban J connectivity index is 2.52. The van der Waals surface area contributed by atoms with Crippen LogP contribution in [0, 0.1) is 3.57 Å². The van der Waals surface area contributed by atoms with Crippen molar-refractivity contribution in [3.8, 4) is 11.4 Å². The zero-order valence-electron chi connectivity index (χ0n) is 6.98. The van der Waals surface area contributed by atoms with Crippen molar-refractivity contribution in [3.05, 3.63) is 27.8 Å². The van der Waals surface area contributed by atoms with Crippen LogP contribution in [0.3, 0.4) is 0 Å². The van der Waals surface area contributed by atoms with Gasteiger partial charge in [-0.15, -0.1) is 10.2 Å². The summed E-state index contributed by atoms with van der Waals surface area (Å²) in [6.07, 6.45) is 0. The van der Waals surface area contributed by atoms with Gasteiger partial charge in [0.25, 0.3) is 0 Å². The maximum absolute atomic E-state index is 4.13. The van der Waals surface area contributed by atoms with Gasteiger partial charge in [0.15, 0.2) is 0 Å². The highest BCUT2D eigenvalue weighted by Gasteiger charge is 2.06. The van der Waals surface area contributed by atoms with E-state index in [9.17, 15) is 0 Å². The minimum absolute atomic E-state index is 0.674. The number of rotatable bonds is 1. The van der Waals surface area contributed by atoms with Crippen LogP contribution < -0.4 is 0 Å². The van der Waals surface area contributed by atoms with Gasteiger partial charge in [0.2, 0.25) is 5.82 Å². The van der Waals surface area contributed by atoms with Crippen LogP contribution >= 0.6 is 22.6 Å². The number of halogens is 1. The molecule has 0 aliphatic heterocycles. The third-order valence-corrected chi connectivity index (χ3v) is 2.56. The van der Waals surface area contributed by atoms with Crippen LogP contribution in [0.2, 0.25) is 0 Å². The van der Waals surface area contributed by atoms with Gasteiger partial charge in [-0.2, -0.15) is 4.80 Å². The number of aromatic nitrogens is 4. The molecule has 0 spiro atoms. The summed E-state index contributed by atoms with van der Waals surface area (Å²) in [5.41, 5.74) is 1.02. The predicted octanol–water partition coefficient (Wildman–Crippen LogP) is 1.48. The van der Waals surface area contributed by atoms with Crippen molar-refractivity contribution < 1.29 is 0 Å². The van der Waals surface area contributed by atoms with Gasteiger partial charge in [0.05, 0.1) is 7.05 Å². The van der Waals surface area contributed by atoms with Gasteiger partial charge in [-0.1, -0.05) is 12.1 Å². The van der Waals surface area contributed by atoms with Gasteiger partial charge in [-0.3, -0.25) is 0 Å². The molecule has 0 aliphatic rings. The first-order valence-corrected chi connectivity index (χ1v) is 4.84. The van der Waals surface area contributed by atoms with Crippen molar-refractivity contribution in [1.29, 1.82) is 0 Å². The van der Waals surface area contributed by atoms with Gasteiger partial charge in [0.1, 0.15) is 0 Å². The van der Waals surface area contributed by atoms with E-state index in [1.54, 1.807) is 7.05 Å². The van der Waals surface area contributed by atoms with Crippen LogP contribution in [-0.2, 0) is 7.05 Å². The van der Waals surface area contributed by atoms with E-state index in [2.05, 4.69) is 38.0 Å². The Kier molecular flexibility index (Phi) is 2.26. The first-order valence-electron chi connectivity index (χ1n) is 3.76. The maximum Gasteiger partial charge on any atom is 0.205 e. The summed E-state index contributed by atoms with van der Waals surface area (Å²) in [5, 5.41) is 11.9. The molecule has 0 atom stereocenters. The van der Waals surface area contributed by atoms with Gasteiger partial charge in [-0.25, -0.2) is 0 Å². The summed E-state index contributed by atoms with van der Waals surface area (Å²) in [6, 6.07) is 7.96. The zero-order chi connectivity index (χ0) is 9.26. The van der Waals surface area contributed by atoms with E-state index < -0.39 is 0 Å². The van der Waals surface area contributed by atoms with E-state index in [1.807, 2.05) is 24.3 Å². The molecule has 1 aromatic carbocycles. The first-order chi connectivity index (χ1) is 6.27. The smallest absolute Gasteiger partial charge is 0.167 e. The average molecular weight is 286 g/mol. The molecule has 1 heterocycles. The molecule has 0 aliphatic carbocycles. The van der Waals surface area contributed by atoms with Crippen LogP contribution in [0.1, 0.15) is 0 Å². The molecule has 5 heteroatoms. The van der Waals surface area contributed by atoms with Gasteiger partial charge >= 0.3 is 0 Å². The molecule has 0 fully saturated rings. The molecular formula is C8H7IN4. The van der Waals surface area contributed by atoms with Crippen LogP contribution in [0.4, 0.5) is 0 Å². The highest BCUT2D eigenvalue weighted by atomic mass is 127. The Labute approximate surface area is 89.1 Å². The van der Waals surface area contributed by atoms with Crippen LogP contribution in [-0.4, -0.2) is 20.2 Å². The lowest BCUT2D eigenvalue weighted by Gasteiger charge is -1.96. The topological polar surface area (TPSA) is 43.6 Å². The minimum Gasteiger partial charge on any atom is -0.167 e. The molecular weight excluding hydrogens is 279 g/mol. The van der Waals surface area contributed by atoms with Gasteiger partial charge in [0, 0.05) is 9.13 Å². The predicted molar refractivity (Wildman–Crippen MR) is 57.0 cm³/mol. The molecule has 0 unspecified atom stereocenters. The zero-order valence-corrected chi connectivity index (χ0v) is 9.13. The fourth-order valence-corrected chi connectivity index (χ4v) is 1.66. The van der Waals surface area contributed by atoms with E-state index >= 15 is 0 Å². The number of nitrogens with zero attached hydrogens (tertiary/aromatic N) is 4. The molecule has 2 aromatic rings. The quantitative estimate of drug-likeness (QED) is 0.746. The lowest BCUT2D eigenvalue weighted by Crippen LogP contribution is -1.92. The van der Waals surface area contributed by atoms with Crippen molar-refractivity contribution in [2.45, 2.75) is 0 Å². The van der Waals surface area contributed by atoms with E-state index in [1.165, 1.54) is 4.80 Å². The van der Waals surface area contributed by atoms with Gasteiger partial charge < -0.3 is 0 Å². The van der Waals surface area contributed by atoms with Crippen molar-refractivity contribution in [1.82, 2.24) is 20.2 Å². The molecule has 0 saturated heterocycles. The fourth-order valence-electron chi connectivity index (χ4n) is 1.03. The number of hydrogen-bond acceptors (Lipinski definition) is 3. The second-order valence-corrected chi connectivity index (χ2v) is 3.74. The maximum atomic E-state index is 4.13. The third kappa shape index (κ3) is 1.69. The van der Waals surface area contributed by atoms with Crippen LogP contribution in [0.5, 0.6) is 0 Å². The summed E-state index contributed by atoms with van der Waals surface area (Å²) >= 11 is 2.26. The number of aryl methyl sites for hydroxylation is 1. The van der Waals surface area contributed by atoms with Crippen molar-refractivity contribution in [2.75, 3.05) is 0 Å². The number of benzene rings is 1. The second kappa shape index (κ2) is 3.41. The Morgan fingerprint density at radius 2 is 2.08 bits per heavy atom. The highest BCUT2D eigenvalue weighted by molar-refractivity contribution is 14.1. The Morgan fingerprint density at radius 1 is 1.31 bits per heavy atom. The SMILES string of the molecule is Cn1nnc(-c2ccccc2I)n1. The first kappa shape index (κ1) is 8.61. The highest BCUT2D eigenvalue weighted by Crippen LogP contribution is 2.20. The second-order valence-electron chi connectivity index (χ2n) is 2.58. The Hall–Kier alpha value is -0.980. The van der Waals surface area contributed by atoms with Crippen LogP contribution in [0.25, 0.3) is 11.4 Å². The molecule has 0 saturated carbocycles. The molecule has 0 bridgehead atoms. The minimum atomic E-state index is 0.674. The molecule has 0 radical (unpaired) electrons. The number of tetrazole rings is 1. The summed E-state index contributed by atoms with van der Waals surface area (Å²) in [5.74, 6) is 0.674. The third-order valence-electron chi connectivity index (χ3n) is 1.62. The summed E-state index contributed by atoms with van der Waals surface area (Å²) in [4.78, 5) is 1.46. The van der Waals surface area contributed by atoms with Crippen molar-refractivity contribution >= 4 is 22.6 Å². The lowest BCUT2D eigenvalue weighted by atomic mass is 10.2. The number of hydrogen-bond donors (Lipinski definition) is 0. The largest absolute Gasteiger partial charge is 0.205 e. The molecule has 0 N–H and O–H groups in total. The van der Waals surface area contributed by atoms with Gasteiger partial charge in [-0.05, 0) is 39.9 Å². The molecule has 0 amide bonds. The Bertz CT molecular complexity index is 424. The van der Waals surface area contributed by atoms with E-state index in [-0.39, 0.29) is 0 Å². The van der Waals surface area contributed by atoms with E-state index in [0.717, 1.165) is 9.13 Å². The Morgan fingerprint density at radius 3 is 2.69 bits per heavy atom. The molecule has 4 nitrogen and oxygen atoms in total.